The normalized spacial score (nSPS) is 11.8. The highest BCUT2D eigenvalue weighted by molar-refractivity contribution is 7.89. The number of halogens is 2. The SMILES string of the molecule is NCc1cc(S(=O)(=O)NCc2ccno2)cc(F)c1Cl. The van der Waals surface area contributed by atoms with E-state index in [0.717, 1.165) is 6.07 Å². The van der Waals surface area contributed by atoms with Gasteiger partial charge in [-0.25, -0.2) is 17.5 Å². The van der Waals surface area contributed by atoms with E-state index < -0.39 is 15.8 Å². The van der Waals surface area contributed by atoms with Gasteiger partial charge in [-0.3, -0.25) is 0 Å². The predicted octanol–water partition coefficient (Wildman–Crippen LogP) is 1.40. The topological polar surface area (TPSA) is 98.2 Å². The Labute approximate surface area is 119 Å². The molecule has 0 spiro atoms. The molecule has 2 aromatic rings. The summed E-state index contributed by atoms with van der Waals surface area (Å²) in [6, 6.07) is 3.58. The summed E-state index contributed by atoms with van der Waals surface area (Å²) in [5, 5.41) is 3.27. The van der Waals surface area contributed by atoms with E-state index in [2.05, 4.69) is 9.88 Å². The third-order valence-corrected chi connectivity index (χ3v) is 4.34. The van der Waals surface area contributed by atoms with Crippen molar-refractivity contribution in [2.45, 2.75) is 18.0 Å². The average Bonchev–Trinajstić information content (AvgIpc) is 2.92. The standard InChI is InChI=1S/C11H11ClFN3O3S/c12-11-7(5-14)3-9(4-10(11)13)20(17,18)16-6-8-1-2-15-19-8/h1-4,16H,5-6,14H2. The maximum Gasteiger partial charge on any atom is 0.241 e. The fourth-order valence-corrected chi connectivity index (χ4v) is 2.75. The smallest absolute Gasteiger partial charge is 0.241 e. The first-order valence-electron chi connectivity index (χ1n) is 5.51. The van der Waals surface area contributed by atoms with Crippen molar-refractivity contribution in [3.63, 3.8) is 0 Å². The van der Waals surface area contributed by atoms with Crippen LogP contribution in [0.3, 0.4) is 0 Å². The molecule has 0 saturated heterocycles. The van der Waals surface area contributed by atoms with Crippen molar-refractivity contribution in [3.8, 4) is 0 Å². The Balaban J connectivity index is 2.27. The maximum absolute atomic E-state index is 13.6. The van der Waals surface area contributed by atoms with Gasteiger partial charge in [-0.1, -0.05) is 16.8 Å². The number of nitrogens with one attached hydrogen (secondary N) is 1. The van der Waals surface area contributed by atoms with E-state index in [-0.39, 0.29) is 28.6 Å². The molecule has 6 nitrogen and oxygen atoms in total. The van der Waals surface area contributed by atoms with Crippen LogP contribution in [0.4, 0.5) is 4.39 Å². The molecular weight excluding hydrogens is 309 g/mol. The van der Waals surface area contributed by atoms with E-state index in [1.54, 1.807) is 0 Å². The Kier molecular flexibility index (Phi) is 4.39. The third kappa shape index (κ3) is 3.15. The van der Waals surface area contributed by atoms with Gasteiger partial charge in [0.25, 0.3) is 0 Å². The lowest BCUT2D eigenvalue weighted by Gasteiger charge is -2.09. The fourth-order valence-electron chi connectivity index (χ4n) is 1.50. The Morgan fingerprint density at radius 2 is 2.20 bits per heavy atom. The summed E-state index contributed by atoms with van der Waals surface area (Å²) >= 11 is 5.68. The van der Waals surface area contributed by atoms with Crippen LogP contribution >= 0.6 is 11.6 Å². The molecule has 20 heavy (non-hydrogen) atoms. The summed E-state index contributed by atoms with van der Waals surface area (Å²) in [6.07, 6.45) is 1.39. The zero-order chi connectivity index (χ0) is 14.8. The quantitative estimate of drug-likeness (QED) is 0.868. The average molecular weight is 320 g/mol. The van der Waals surface area contributed by atoms with Gasteiger partial charge in [-0.15, -0.1) is 0 Å². The van der Waals surface area contributed by atoms with Crippen LogP contribution in [0, 0.1) is 5.82 Å². The van der Waals surface area contributed by atoms with Crippen molar-refractivity contribution in [2.24, 2.45) is 5.73 Å². The van der Waals surface area contributed by atoms with E-state index in [0.29, 0.717) is 5.76 Å². The van der Waals surface area contributed by atoms with E-state index in [4.69, 9.17) is 21.9 Å². The third-order valence-electron chi connectivity index (χ3n) is 2.53. The maximum atomic E-state index is 13.6. The molecule has 9 heteroatoms. The van der Waals surface area contributed by atoms with Gasteiger partial charge < -0.3 is 10.3 Å². The molecule has 1 aromatic carbocycles. The van der Waals surface area contributed by atoms with Crippen LogP contribution < -0.4 is 10.5 Å². The monoisotopic (exact) mass is 319 g/mol. The Morgan fingerprint density at radius 3 is 2.80 bits per heavy atom. The van der Waals surface area contributed by atoms with E-state index in [1.165, 1.54) is 18.3 Å². The molecule has 0 fully saturated rings. The fraction of sp³-hybridized carbons (Fsp3) is 0.182. The second kappa shape index (κ2) is 5.88. The van der Waals surface area contributed by atoms with Gasteiger partial charge in [0.05, 0.1) is 22.7 Å². The molecule has 0 unspecified atom stereocenters. The molecule has 0 aliphatic heterocycles. The minimum atomic E-state index is -3.90. The Hall–Kier alpha value is -1.48. The zero-order valence-electron chi connectivity index (χ0n) is 10.1. The lowest BCUT2D eigenvalue weighted by molar-refractivity contribution is 0.380. The molecule has 0 radical (unpaired) electrons. The first-order valence-corrected chi connectivity index (χ1v) is 7.37. The summed E-state index contributed by atoms with van der Waals surface area (Å²) in [6.45, 7) is -0.161. The number of nitrogens with zero attached hydrogens (tertiary/aromatic N) is 1. The second-order valence-electron chi connectivity index (χ2n) is 3.89. The first-order chi connectivity index (χ1) is 9.44. The van der Waals surface area contributed by atoms with Gasteiger partial charge >= 0.3 is 0 Å². The lowest BCUT2D eigenvalue weighted by Crippen LogP contribution is -2.23. The van der Waals surface area contributed by atoms with Gasteiger partial charge in [0.2, 0.25) is 10.0 Å². The zero-order valence-corrected chi connectivity index (χ0v) is 11.7. The number of nitrogens with two attached hydrogens (primary N) is 1. The van der Waals surface area contributed by atoms with Crippen LogP contribution in [0.5, 0.6) is 0 Å². The molecule has 0 aliphatic rings. The van der Waals surface area contributed by atoms with Crippen LogP contribution in [-0.4, -0.2) is 13.6 Å². The molecule has 0 aliphatic carbocycles. The predicted molar refractivity (Wildman–Crippen MR) is 69.8 cm³/mol. The molecule has 108 valence electrons. The van der Waals surface area contributed by atoms with Crippen molar-refractivity contribution in [1.82, 2.24) is 9.88 Å². The largest absolute Gasteiger partial charge is 0.360 e. The molecule has 1 heterocycles. The number of rotatable bonds is 5. The highest BCUT2D eigenvalue weighted by atomic mass is 35.5. The summed E-state index contributed by atoms with van der Waals surface area (Å²) in [5.41, 5.74) is 5.61. The number of hydrogen-bond donors (Lipinski definition) is 2. The molecule has 3 N–H and O–H groups in total. The van der Waals surface area contributed by atoms with Crippen LogP contribution in [0.1, 0.15) is 11.3 Å². The van der Waals surface area contributed by atoms with E-state index in [9.17, 15) is 12.8 Å². The van der Waals surface area contributed by atoms with Crippen molar-refractivity contribution < 1.29 is 17.3 Å². The molecule has 0 amide bonds. The van der Waals surface area contributed by atoms with E-state index in [1.807, 2.05) is 0 Å². The Bertz CT molecular complexity index is 704. The summed E-state index contributed by atoms with van der Waals surface area (Å²) in [7, 11) is -3.90. The minimum Gasteiger partial charge on any atom is -0.360 e. The number of benzene rings is 1. The van der Waals surface area contributed by atoms with E-state index >= 15 is 0 Å². The summed E-state index contributed by atoms with van der Waals surface area (Å²) in [4.78, 5) is -0.251. The first kappa shape index (κ1) is 14.9. The minimum absolute atomic E-state index is 0.0682. The van der Waals surface area contributed by atoms with Crippen molar-refractivity contribution in [1.29, 1.82) is 0 Å². The van der Waals surface area contributed by atoms with Gasteiger partial charge in [0, 0.05) is 12.6 Å². The number of hydrogen-bond acceptors (Lipinski definition) is 5. The second-order valence-corrected chi connectivity index (χ2v) is 6.03. The Morgan fingerprint density at radius 1 is 1.45 bits per heavy atom. The van der Waals surface area contributed by atoms with Crippen LogP contribution in [0.15, 0.2) is 33.8 Å². The van der Waals surface area contributed by atoms with Crippen LogP contribution in [-0.2, 0) is 23.1 Å². The highest BCUT2D eigenvalue weighted by Gasteiger charge is 2.19. The van der Waals surface area contributed by atoms with Crippen LogP contribution in [0.25, 0.3) is 0 Å². The molecule has 0 bridgehead atoms. The van der Waals surface area contributed by atoms with Crippen molar-refractivity contribution in [3.05, 3.63) is 46.6 Å². The number of sulfonamides is 1. The van der Waals surface area contributed by atoms with Gasteiger partial charge in [-0.2, -0.15) is 0 Å². The summed E-state index contributed by atoms with van der Waals surface area (Å²) < 4.78 is 44.7. The number of aromatic nitrogens is 1. The molecular formula is C11H11ClFN3O3S. The van der Waals surface area contributed by atoms with Gasteiger partial charge in [0.15, 0.2) is 5.76 Å². The molecule has 2 rings (SSSR count). The van der Waals surface area contributed by atoms with Crippen LogP contribution in [0.2, 0.25) is 5.02 Å². The summed E-state index contributed by atoms with van der Waals surface area (Å²) in [5.74, 6) is -0.503. The van der Waals surface area contributed by atoms with Crippen molar-refractivity contribution >= 4 is 21.6 Å². The molecule has 0 saturated carbocycles. The molecule has 0 atom stereocenters. The highest BCUT2D eigenvalue weighted by Crippen LogP contribution is 2.24. The molecule has 1 aromatic heterocycles. The van der Waals surface area contributed by atoms with Gasteiger partial charge in [-0.05, 0) is 17.7 Å². The van der Waals surface area contributed by atoms with Crippen molar-refractivity contribution in [2.75, 3.05) is 0 Å². The lowest BCUT2D eigenvalue weighted by atomic mass is 10.2. The van der Waals surface area contributed by atoms with Gasteiger partial charge in [0.1, 0.15) is 5.82 Å².